The van der Waals surface area contributed by atoms with Gasteiger partial charge in [-0.1, -0.05) is 29.8 Å². The molecule has 2 heterocycles. The lowest BCUT2D eigenvalue weighted by Crippen LogP contribution is -2.47. The molecule has 9 nitrogen and oxygen atoms in total. The molecule has 0 aliphatic carbocycles. The van der Waals surface area contributed by atoms with Gasteiger partial charge >= 0.3 is 6.03 Å². The number of hydrogen-bond acceptors (Lipinski definition) is 5. The van der Waals surface area contributed by atoms with Crippen LogP contribution in [-0.4, -0.2) is 65.8 Å². The van der Waals surface area contributed by atoms with E-state index in [0.717, 1.165) is 24.1 Å². The molecule has 3 amide bonds. The van der Waals surface area contributed by atoms with E-state index in [1.807, 2.05) is 49.5 Å². The first-order chi connectivity index (χ1) is 17.5. The number of amides is 3. The summed E-state index contributed by atoms with van der Waals surface area (Å²) in [5, 5.41) is 6.28. The molecule has 3 aromatic rings. The molecule has 10 heteroatoms. The minimum Gasteiger partial charge on any atom is -0.497 e. The number of urea groups is 1. The third-order valence-corrected chi connectivity index (χ3v) is 6.08. The van der Waals surface area contributed by atoms with Gasteiger partial charge in [0.15, 0.2) is 0 Å². The minimum atomic E-state index is -0.364. The van der Waals surface area contributed by atoms with Crippen LogP contribution in [0.3, 0.4) is 0 Å². The fraction of sp³-hybridized carbons (Fsp3) is 0.346. The summed E-state index contributed by atoms with van der Waals surface area (Å²) in [6.45, 7) is 3.19. The second kappa shape index (κ2) is 11.9. The van der Waals surface area contributed by atoms with Gasteiger partial charge in [-0.25, -0.2) is 9.78 Å². The highest BCUT2D eigenvalue weighted by Gasteiger charge is 2.25. The van der Waals surface area contributed by atoms with Crippen LogP contribution in [-0.2, 0) is 9.53 Å². The Hall–Kier alpha value is -3.56. The SMILES string of the molecule is CCNC(=O)N(CC(=O)Nc1nc(-c2ccc(Cl)cc2)cn1-c1cccc(OC)c1)C[C@H]1CCCO1. The molecule has 0 radical (unpaired) electrons. The van der Waals surface area contributed by atoms with Gasteiger partial charge in [0.1, 0.15) is 12.3 Å². The van der Waals surface area contributed by atoms with Crippen molar-refractivity contribution in [2.45, 2.75) is 25.9 Å². The zero-order valence-electron chi connectivity index (χ0n) is 20.4. The fourth-order valence-electron chi connectivity index (χ4n) is 4.04. The zero-order chi connectivity index (χ0) is 25.5. The number of carbonyl (C=O) groups excluding carboxylic acids is 2. The van der Waals surface area contributed by atoms with E-state index < -0.39 is 0 Å². The number of nitrogens with one attached hydrogen (secondary N) is 2. The van der Waals surface area contributed by atoms with Crippen molar-refractivity contribution in [2.75, 3.05) is 38.7 Å². The maximum atomic E-state index is 13.1. The molecule has 1 aliphatic heterocycles. The van der Waals surface area contributed by atoms with Crippen molar-refractivity contribution in [2.24, 2.45) is 0 Å². The van der Waals surface area contributed by atoms with Crippen molar-refractivity contribution in [3.63, 3.8) is 0 Å². The summed E-state index contributed by atoms with van der Waals surface area (Å²) in [4.78, 5) is 31.9. The zero-order valence-corrected chi connectivity index (χ0v) is 21.1. The van der Waals surface area contributed by atoms with E-state index in [1.54, 1.807) is 23.8 Å². The average molecular weight is 512 g/mol. The highest BCUT2D eigenvalue weighted by atomic mass is 35.5. The highest BCUT2D eigenvalue weighted by Crippen LogP contribution is 2.27. The van der Waals surface area contributed by atoms with Crippen molar-refractivity contribution < 1.29 is 19.1 Å². The number of nitrogens with zero attached hydrogens (tertiary/aromatic N) is 3. The van der Waals surface area contributed by atoms with Crippen LogP contribution in [0.25, 0.3) is 16.9 Å². The Bertz CT molecular complexity index is 1190. The van der Waals surface area contributed by atoms with Crippen LogP contribution < -0.4 is 15.4 Å². The number of rotatable bonds is 9. The standard InChI is InChI=1S/C26H30ClN5O4/c1-3-28-26(34)31(15-22-8-5-13-36-22)17-24(33)30-25-29-23(18-9-11-19(27)12-10-18)16-32(25)20-6-4-7-21(14-20)35-2/h4,6-7,9-12,14,16,22H,3,5,8,13,15,17H2,1-2H3,(H,28,34)(H,29,30,33)/t22-/m1/s1. The average Bonchev–Trinajstić information content (AvgIpc) is 3.54. The van der Waals surface area contributed by atoms with Crippen LogP contribution in [0.1, 0.15) is 19.8 Å². The molecule has 2 N–H and O–H groups in total. The third kappa shape index (κ3) is 6.35. The van der Waals surface area contributed by atoms with Crippen molar-refractivity contribution in [1.82, 2.24) is 19.8 Å². The van der Waals surface area contributed by atoms with E-state index >= 15 is 0 Å². The van der Waals surface area contributed by atoms with Gasteiger partial charge in [-0.2, -0.15) is 0 Å². The topological polar surface area (TPSA) is 97.7 Å². The lowest BCUT2D eigenvalue weighted by molar-refractivity contribution is -0.117. The Kier molecular flexibility index (Phi) is 8.45. The molecular formula is C26H30ClN5O4. The first-order valence-electron chi connectivity index (χ1n) is 11.9. The molecule has 0 spiro atoms. The highest BCUT2D eigenvalue weighted by molar-refractivity contribution is 6.30. The third-order valence-electron chi connectivity index (χ3n) is 5.83. The Morgan fingerprint density at radius 1 is 1.25 bits per heavy atom. The summed E-state index contributed by atoms with van der Waals surface area (Å²) in [6.07, 6.45) is 3.57. The molecule has 190 valence electrons. The van der Waals surface area contributed by atoms with Crippen LogP contribution >= 0.6 is 11.6 Å². The van der Waals surface area contributed by atoms with E-state index in [9.17, 15) is 9.59 Å². The summed E-state index contributed by atoms with van der Waals surface area (Å²) < 4.78 is 12.8. The van der Waals surface area contributed by atoms with Gasteiger partial charge in [0.2, 0.25) is 11.9 Å². The van der Waals surface area contributed by atoms with Crippen molar-refractivity contribution >= 4 is 29.5 Å². The summed E-state index contributed by atoms with van der Waals surface area (Å²) in [5.74, 6) is 0.633. The molecule has 0 bridgehead atoms. The predicted octanol–water partition coefficient (Wildman–Crippen LogP) is 4.35. The molecule has 2 aromatic carbocycles. The quantitative estimate of drug-likeness (QED) is 0.445. The molecular weight excluding hydrogens is 482 g/mol. The molecule has 1 atom stereocenters. The van der Waals surface area contributed by atoms with Crippen LogP contribution in [0, 0.1) is 0 Å². The maximum absolute atomic E-state index is 13.1. The van der Waals surface area contributed by atoms with Gasteiger partial charge in [-0.3, -0.25) is 14.7 Å². The predicted molar refractivity (Wildman–Crippen MR) is 139 cm³/mol. The van der Waals surface area contributed by atoms with E-state index in [2.05, 4.69) is 15.6 Å². The smallest absolute Gasteiger partial charge is 0.317 e. The second-order valence-corrected chi connectivity index (χ2v) is 8.86. The Balaban J connectivity index is 1.60. The summed E-state index contributed by atoms with van der Waals surface area (Å²) in [5.41, 5.74) is 2.26. The first kappa shape index (κ1) is 25.5. The summed E-state index contributed by atoms with van der Waals surface area (Å²) in [7, 11) is 1.60. The first-order valence-corrected chi connectivity index (χ1v) is 12.3. The molecule has 36 heavy (non-hydrogen) atoms. The number of aromatic nitrogens is 2. The number of carbonyl (C=O) groups is 2. The summed E-state index contributed by atoms with van der Waals surface area (Å²) >= 11 is 6.05. The van der Waals surface area contributed by atoms with E-state index in [-0.39, 0.29) is 24.6 Å². The number of ether oxygens (including phenoxy) is 2. The van der Waals surface area contributed by atoms with Crippen LogP contribution in [0.15, 0.2) is 54.7 Å². The van der Waals surface area contributed by atoms with Crippen molar-refractivity contribution in [3.05, 3.63) is 59.8 Å². The summed E-state index contributed by atoms with van der Waals surface area (Å²) in [6, 6.07) is 14.4. The van der Waals surface area contributed by atoms with Gasteiger partial charge in [-0.15, -0.1) is 0 Å². The van der Waals surface area contributed by atoms with Crippen LogP contribution in [0.5, 0.6) is 5.75 Å². The van der Waals surface area contributed by atoms with E-state index in [0.29, 0.717) is 42.1 Å². The number of methoxy groups -OCH3 is 1. The monoisotopic (exact) mass is 511 g/mol. The van der Waals surface area contributed by atoms with E-state index in [4.69, 9.17) is 21.1 Å². The molecule has 1 saturated heterocycles. The fourth-order valence-corrected chi connectivity index (χ4v) is 4.17. The molecule has 0 unspecified atom stereocenters. The number of imidazole rings is 1. The molecule has 1 aromatic heterocycles. The van der Waals surface area contributed by atoms with Crippen LogP contribution in [0.2, 0.25) is 5.02 Å². The number of halogens is 1. The molecule has 0 saturated carbocycles. The maximum Gasteiger partial charge on any atom is 0.317 e. The number of hydrogen-bond donors (Lipinski definition) is 2. The van der Waals surface area contributed by atoms with Gasteiger partial charge < -0.3 is 19.7 Å². The number of anilines is 1. The van der Waals surface area contributed by atoms with Gasteiger partial charge in [0, 0.05) is 42.5 Å². The normalized spacial score (nSPS) is 14.9. The molecule has 1 aliphatic rings. The van der Waals surface area contributed by atoms with Crippen molar-refractivity contribution in [3.8, 4) is 22.7 Å². The lowest BCUT2D eigenvalue weighted by atomic mass is 10.2. The Morgan fingerprint density at radius 3 is 2.75 bits per heavy atom. The molecule has 4 rings (SSSR count). The van der Waals surface area contributed by atoms with Crippen LogP contribution in [0.4, 0.5) is 10.7 Å². The van der Waals surface area contributed by atoms with E-state index in [1.165, 1.54) is 4.90 Å². The number of benzene rings is 2. The van der Waals surface area contributed by atoms with Crippen molar-refractivity contribution in [1.29, 1.82) is 0 Å². The minimum absolute atomic E-state index is 0.0734. The van der Waals surface area contributed by atoms with Gasteiger partial charge in [-0.05, 0) is 44.0 Å². The molecule has 1 fully saturated rings. The second-order valence-electron chi connectivity index (χ2n) is 8.43. The Morgan fingerprint density at radius 2 is 2.06 bits per heavy atom. The largest absolute Gasteiger partial charge is 0.497 e. The van der Waals surface area contributed by atoms with Gasteiger partial charge in [0.05, 0.1) is 24.6 Å². The Labute approximate surface area is 215 Å². The van der Waals surface area contributed by atoms with Gasteiger partial charge in [0.25, 0.3) is 0 Å². The lowest BCUT2D eigenvalue weighted by Gasteiger charge is -2.25.